The standard InChI is InChI=1S/C10H14ClN/c1-3-12-7-9-4-8(2)5-10(11)6-9/h4-6,12H,3,7H2,1-2H3. The fourth-order valence-corrected chi connectivity index (χ4v) is 1.50. The average molecular weight is 184 g/mol. The van der Waals surface area contributed by atoms with Crippen molar-refractivity contribution in [1.29, 1.82) is 0 Å². The first kappa shape index (κ1) is 9.56. The molecule has 1 N–H and O–H groups in total. The van der Waals surface area contributed by atoms with Crippen molar-refractivity contribution in [2.24, 2.45) is 0 Å². The molecule has 0 aliphatic rings. The number of nitrogens with one attached hydrogen (secondary N) is 1. The molecule has 0 amide bonds. The predicted molar refractivity (Wildman–Crippen MR) is 53.6 cm³/mol. The Labute approximate surface area is 78.7 Å². The largest absolute Gasteiger partial charge is 0.313 e. The smallest absolute Gasteiger partial charge is 0.0411 e. The Bertz CT molecular complexity index is 238. The monoisotopic (exact) mass is 183 g/mol. The third kappa shape index (κ3) is 2.84. The molecule has 0 aliphatic heterocycles. The van der Waals surface area contributed by atoms with Crippen LogP contribution in [-0.2, 0) is 6.54 Å². The third-order valence-corrected chi connectivity index (χ3v) is 1.90. The summed E-state index contributed by atoms with van der Waals surface area (Å²) in [6, 6.07) is 6.11. The molecule has 1 aromatic rings. The third-order valence-electron chi connectivity index (χ3n) is 1.68. The van der Waals surface area contributed by atoms with Gasteiger partial charge in [0.15, 0.2) is 0 Å². The Kier molecular flexibility index (Phi) is 3.57. The molecule has 66 valence electrons. The highest BCUT2D eigenvalue weighted by molar-refractivity contribution is 6.30. The van der Waals surface area contributed by atoms with E-state index in [-0.39, 0.29) is 0 Å². The van der Waals surface area contributed by atoms with E-state index in [1.54, 1.807) is 0 Å². The Morgan fingerprint density at radius 2 is 2.08 bits per heavy atom. The molecule has 0 fully saturated rings. The van der Waals surface area contributed by atoms with Crippen molar-refractivity contribution in [1.82, 2.24) is 5.32 Å². The van der Waals surface area contributed by atoms with Crippen molar-refractivity contribution >= 4 is 11.6 Å². The Hall–Kier alpha value is -0.530. The summed E-state index contributed by atoms with van der Waals surface area (Å²) in [6.45, 7) is 6.04. The highest BCUT2D eigenvalue weighted by Crippen LogP contribution is 2.14. The molecule has 12 heavy (non-hydrogen) atoms. The Balaban J connectivity index is 2.72. The van der Waals surface area contributed by atoms with Crippen LogP contribution in [0.5, 0.6) is 0 Å². The zero-order chi connectivity index (χ0) is 8.97. The molecule has 0 bridgehead atoms. The van der Waals surface area contributed by atoms with Gasteiger partial charge in [-0.15, -0.1) is 0 Å². The minimum absolute atomic E-state index is 0.822. The highest BCUT2D eigenvalue weighted by atomic mass is 35.5. The van der Waals surface area contributed by atoms with Crippen LogP contribution >= 0.6 is 11.6 Å². The molecule has 1 nitrogen and oxygen atoms in total. The summed E-state index contributed by atoms with van der Waals surface area (Å²) in [7, 11) is 0. The van der Waals surface area contributed by atoms with Gasteiger partial charge in [-0.05, 0) is 36.7 Å². The molecule has 0 aliphatic carbocycles. The summed E-state index contributed by atoms with van der Waals surface area (Å²) in [4.78, 5) is 0. The lowest BCUT2D eigenvalue weighted by molar-refractivity contribution is 0.726. The minimum atomic E-state index is 0.822. The van der Waals surface area contributed by atoms with Crippen LogP contribution in [0.15, 0.2) is 18.2 Å². The summed E-state index contributed by atoms with van der Waals surface area (Å²) in [5, 5.41) is 4.08. The van der Waals surface area contributed by atoms with E-state index in [2.05, 4.69) is 25.2 Å². The number of aryl methyl sites for hydroxylation is 1. The van der Waals surface area contributed by atoms with Crippen molar-refractivity contribution in [3.8, 4) is 0 Å². The quantitative estimate of drug-likeness (QED) is 0.760. The zero-order valence-electron chi connectivity index (χ0n) is 7.52. The summed E-state index contributed by atoms with van der Waals surface area (Å²) in [5.41, 5.74) is 2.47. The van der Waals surface area contributed by atoms with Gasteiger partial charge in [-0.2, -0.15) is 0 Å². The molecule has 0 aromatic heterocycles. The topological polar surface area (TPSA) is 12.0 Å². The first-order valence-corrected chi connectivity index (χ1v) is 4.57. The summed E-state index contributed by atoms with van der Waals surface area (Å²) < 4.78 is 0. The molecule has 2 heteroatoms. The number of benzene rings is 1. The van der Waals surface area contributed by atoms with Crippen molar-refractivity contribution in [3.63, 3.8) is 0 Å². The van der Waals surface area contributed by atoms with Gasteiger partial charge < -0.3 is 5.32 Å². The first-order valence-electron chi connectivity index (χ1n) is 4.19. The van der Waals surface area contributed by atoms with Crippen LogP contribution in [-0.4, -0.2) is 6.54 Å². The second-order valence-electron chi connectivity index (χ2n) is 2.92. The number of hydrogen-bond acceptors (Lipinski definition) is 1. The van der Waals surface area contributed by atoms with Gasteiger partial charge in [0.05, 0.1) is 0 Å². The fourth-order valence-electron chi connectivity index (χ4n) is 1.18. The molecule has 0 saturated heterocycles. The molecule has 0 heterocycles. The van der Waals surface area contributed by atoms with Crippen LogP contribution in [0.25, 0.3) is 0 Å². The lowest BCUT2D eigenvalue weighted by Gasteiger charge is -2.03. The maximum atomic E-state index is 5.90. The van der Waals surface area contributed by atoms with Crippen LogP contribution in [0.1, 0.15) is 18.1 Å². The maximum absolute atomic E-state index is 5.90. The molecule has 0 unspecified atom stereocenters. The van der Waals surface area contributed by atoms with Crippen molar-refractivity contribution in [3.05, 3.63) is 34.3 Å². The van der Waals surface area contributed by atoms with Crippen molar-refractivity contribution < 1.29 is 0 Å². The lowest BCUT2D eigenvalue weighted by atomic mass is 10.1. The normalized spacial score (nSPS) is 10.2. The second kappa shape index (κ2) is 4.48. The van der Waals surface area contributed by atoms with Gasteiger partial charge in [0.25, 0.3) is 0 Å². The number of rotatable bonds is 3. The lowest BCUT2D eigenvalue weighted by Crippen LogP contribution is -2.11. The number of halogens is 1. The molecule has 0 spiro atoms. The van der Waals surface area contributed by atoms with Crippen LogP contribution in [0.3, 0.4) is 0 Å². The average Bonchev–Trinajstić information content (AvgIpc) is 1.99. The maximum Gasteiger partial charge on any atom is 0.0411 e. The summed E-state index contributed by atoms with van der Waals surface area (Å²) in [6.07, 6.45) is 0. The molecular weight excluding hydrogens is 170 g/mol. The van der Waals surface area contributed by atoms with E-state index in [1.807, 2.05) is 12.1 Å². The van der Waals surface area contributed by atoms with Gasteiger partial charge in [0, 0.05) is 11.6 Å². The molecular formula is C10H14ClN. The van der Waals surface area contributed by atoms with E-state index in [0.717, 1.165) is 18.1 Å². The van der Waals surface area contributed by atoms with Crippen molar-refractivity contribution in [2.75, 3.05) is 6.54 Å². The van der Waals surface area contributed by atoms with E-state index in [1.165, 1.54) is 11.1 Å². The van der Waals surface area contributed by atoms with Crippen LogP contribution < -0.4 is 5.32 Å². The first-order chi connectivity index (χ1) is 5.72. The fraction of sp³-hybridized carbons (Fsp3) is 0.400. The van der Waals surface area contributed by atoms with E-state index in [0.29, 0.717) is 0 Å². The van der Waals surface area contributed by atoms with Gasteiger partial charge in [-0.3, -0.25) is 0 Å². The summed E-state index contributed by atoms with van der Waals surface area (Å²) in [5.74, 6) is 0. The van der Waals surface area contributed by atoms with Gasteiger partial charge >= 0.3 is 0 Å². The SMILES string of the molecule is CCNCc1cc(C)cc(Cl)c1. The van der Waals surface area contributed by atoms with E-state index >= 15 is 0 Å². The van der Waals surface area contributed by atoms with Crippen LogP contribution in [0, 0.1) is 6.92 Å². The minimum Gasteiger partial charge on any atom is -0.313 e. The highest BCUT2D eigenvalue weighted by Gasteiger charge is 1.95. The van der Waals surface area contributed by atoms with E-state index < -0.39 is 0 Å². The van der Waals surface area contributed by atoms with Gasteiger partial charge in [-0.1, -0.05) is 24.6 Å². The van der Waals surface area contributed by atoms with Gasteiger partial charge in [-0.25, -0.2) is 0 Å². The van der Waals surface area contributed by atoms with Crippen LogP contribution in [0.4, 0.5) is 0 Å². The second-order valence-corrected chi connectivity index (χ2v) is 3.35. The predicted octanol–water partition coefficient (Wildman–Crippen LogP) is 2.76. The zero-order valence-corrected chi connectivity index (χ0v) is 8.28. The Morgan fingerprint density at radius 1 is 1.33 bits per heavy atom. The molecule has 0 saturated carbocycles. The molecule has 0 atom stereocenters. The van der Waals surface area contributed by atoms with Crippen molar-refractivity contribution in [2.45, 2.75) is 20.4 Å². The molecule has 1 rings (SSSR count). The van der Waals surface area contributed by atoms with E-state index in [4.69, 9.17) is 11.6 Å². The molecule has 1 aromatic carbocycles. The van der Waals surface area contributed by atoms with Gasteiger partial charge in [0.2, 0.25) is 0 Å². The number of hydrogen-bond donors (Lipinski definition) is 1. The van der Waals surface area contributed by atoms with E-state index in [9.17, 15) is 0 Å². The summed E-state index contributed by atoms with van der Waals surface area (Å²) >= 11 is 5.90. The van der Waals surface area contributed by atoms with Crippen LogP contribution in [0.2, 0.25) is 5.02 Å². The Morgan fingerprint density at radius 3 is 2.67 bits per heavy atom. The van der Waals surface area contributed by atoms with Gasteiger partial charge in [0.1, 0.15) is 0 Å². The molecule has 0 radical (unpaired) electrons.